The van der Waals surface area contributed by atoms with E-state index >= 15 is 0 Å². The summed E-state index contributed by atoms with van der Waals surface area (Å²) in [5, 5.41) is 33.7. The van der Waals surface area contributed by atoms with Crippen molar-refractivity contribution in [3.05, 3.63) is 46.7 Å². The van der Waals surface area contributed by atoms with Crippen LogP contribution in [-0.4, -0.2) is 70.6 Å². The normalized spacial score (nSPS) is 15.6. The van der Waals surface area contributed by atoms with E-state index in [-0.39, 0.29) is 24.0 Å². The van der Waals surface area contributed by atoms with Crippen LogP contribution in [0.1, 0.15) is 48.7 Å². The smallest absolute Gasteiger partial charge is 0.329 e. The number of carbonyl (C=O) groups excluding carboxylic acids is 2. The van der Waals surface area contributed by atoms with Gasteiger partial charge in [0.2, 0.25) is 11.8 Å². The zero-order chi connectivity index (χ0) is 28.0. The Labute approximate surface area is 220 Å². The fourth-order valence-electron chi connectivity index (χ4n) is 4.38. The average molecular weight is 529 g/mol. The van der Waals surface area contributed by atoms with Gasteiger partial charge in [-0.05, 0) is 45.2 Å². The molecule has 0 saturated carbocycles. The van der Waals surface area contributed by atoms with Crippen LogP contribution in [0.2, 0.25) is 0 Å². The maximum Gasteiger partial charge on any atom is 0.329 e. The van der Waals surface area contributed by atoms with Crippen molar-refractivity contribution >= 4 is 34.7 Å². The van der Waals surface area contributed by atoms with Crippen LogP contribution in [0, 0.1) is 19.3 Å². The van der Waals surface area contributed by atoms with Crippen molar-refractivity contribution in [2.24, 2.45) is 11.5 Å². The lowest BCUT2D eigenvalue weighted by atomic mass is 10.0. The van der Waals surface area contributed by atoms with E-state index in [9.17, 15) is 24.6 Å². The number of aliphatic hydroxyl groups is 1. The summed E-state index contributed by atoms with van der Waals surface area (Å²) in [6.07, 6.45) is 1.60. The Morgan fingerprint density at radius 1 is 1.24 bits per heavy atom. The molecule has 206 valence electrons. The van der Waals surface area contributed by atoms with Crippen LogP contribution in [0.3, 0.4) is 0 Å². The quantitative estimate of drug-likeness (QED) is 0.0897. The Bertz CT molecular complexity index is 1240. The van der Waals surface area contributed by atoms with Crippen LogP contribution in [0.25, 0.3) is 11.0 Å². The van der Waals surface area contributed by atoms with Crippen molar-refractivity contribution in [2.75, 3.05) is 19.6 Å². The molecule has 38 heavy (non-hydrogen) atoms. The molecule has 3 rings (SSSR count). The molecule has 0 aliphatic carbocycles. The second-order valence-electron chi connectivity index (χ2n) is 9.61. The number of carboxylic acid groups (broad SMARTS) is 1. The number of nitrogens with zero attached hydrogens (tertiary/aromatic N) is 1. The highest BCUT2D eigenvalue weighted by Gasteiger charge is 2.33. The Kier molecular flexibility index (Phi) is 9.48. The van der Waals surface area contributed by atoms with Crippen molar-refractivity contribution in [1.29, 1.82) is 5.41 Å². The molecule has 0 saturated heterocycles. The van der Waals surface area contributed by atoms with E-state index in [1.807, 2.05) is 25.1 Å². The maximum atomic E-state index is 12.4. The molecule has 0 spiro atoms. The second kappa shape index (κ2) is 12.6. The number of carbonyl (C=O) groups is 3. The maximum absolute atomic E-state index is 12.4. The van der Waals surface area contributed by atoms with E-state index in [0.717, 1.165) is 16.5 Å². The van der Waals surface area contributed by atoms with Gasteiger partial charge < -0.3 is 41.6 Å². The minimum Gasteiger partial charge on any atom is -0.480 e. The van der Waals surface area contributed by atoms with E-state index in [1.54, 1.807) is 17.9 Å². The standard InChI is InChI=1S/C26H36N6O6/c1-14-6-7-19-17(11-14)15(2)23(38-19)22(34)21(25(36)37)31-20(33)5-3-4-9-30-24(35)18(27)12-16-8-10-32(13-16)26(28)29/h6-8,11,18,21-22,34H,3-5,9-10,12-13,27H2,1-2H3,(H3,28,29)(H,30,35)(H,31,33)(H,36,37). The third-order valence-electron chi connectivity index (χ3n) is 6.58. The molecule has 1 aromatic heterocycles. The fourth-order valence-corrected chi connectivity index (χ4v) is 4.38. The number of aliphatic hydroxyl groups excluding tert-OH is 1. The van der Waals surface area contributed by atoms with Gasteiger partial charge in [-0.2, -0.15) is 0 Å². The molecule has 1 aromatic carbocycles. The van der Waals surface area contributed by atoms with Crippen LogP contribution in [0.5, 0.6) is 0 Å². The molecule has 2 amide bonds. The summed E-state index contributed by atoms with van der Waals surface area (Å²) in [6.45, 7) is 4.96. The molecule has 0 radical (unpaired) electrons. The number of carboxylic acids is 1. The summed E-state index contributed by atoms with van der Waals surface area (Å²) in [7, 11) is 0. The number of amides is 2. The minimum atomic E-state index is -1.58. The highest BCUT2D eigenvalue weighted by atomic mass is 16.4. The van der Waals surface area contributed by atoms with E-state index in [2.05, 4.69) is 10.6 Å². The highest BCUT2D eigenvalue weighted by molar-refractivity contribution is 5.86. The molecular formula is C26H36N6O6. The highest BCUT2D eigenvalue weighted by Crippen LogP contribution is 2.31. The Hall–Kier alpha value is -3.90. The summed E-state index contributed by atoms with van der Waals surface area (Å²) in [5.74, 6) is -2.16. The molecule has 3 unspecified atom stereocenters. The van der Waals surface area contributed by atoms with E-state index < -0.39 is 30.1 Å². The van der Waals surface area contributed by atoms with Crippen LogP contribution >= 0.6 is 0 Å². The Morgan fingerprint density at radius 2 is 1.97 bits per heavy atom. The van der Waals surface area contributed by atoms with Gasteiger partial charge in [0.05, 0.1) is 6.04 Å². The number of unbranched alkanes of at least 4 members (excludes halogenated alkanes) is 1. The molecule has 1 aliphatic rings. The van der Waals surface area contributed by atoms with Crippen LogP contribution in [-0.2, 0) is 14.4 Å². The van der Waals surface area contributed by atoms with Crippen molar-refractivity contribution < 1.29 is 29.0 Å². The first-order chi connectivity index (χ1) is 18.0. The number of nitrogens with two attached hydrogens (primary N) is 2. The molecule has 0 bridgehead atoms. The molecule has 2 heterocycles. The third-order valence-corrected chi connectivity index (χ3v) is 6.58. The van der Waals surface area contributed by atoms with Gasteiger partial charge in [-0.25, -0.2) is 4.79 Å². The number of guanidine groups is 1. The molecule has 12 heteroatoms. The van der Waals surface area contributed by atoms with Gasteiger partial charge in [0.15, 0.2) is 12.0 Å². The summed E-state index contributed by atoms with van der Waals surface area (Å²) in [4.78, 5) is 38.2. The average Bonchev–Trinajstić information content (AvgIpc) is 3.46. The number of aliphatic carboxylic acids is 1. The van der Waals surface area contributed by atoms with E-state index in [1.165, 1.54) is 0 Å². The van der Waals surface area contributed by atoms with Gasteiger partial charge in [-0.15, -0.1) is 0 Å². The van der Waals surface area contributed by atoms with Crippen molar-refractivity contribution in [1.82, 2.24) is 15.5 Å². The SMILES string of the molecule is Cc1ccc2oc(C(O)C(NC(=O)CCCCNC(=O)C(N)CC3=CCN(C(=N)N)C3)C(=O)O)c(C)c2c1. The Morgan fingerprint density at radius 3 is 2.63 bits per heavy atom. The number of nitrogens with one attached hydrogen (secondary N) is 3. The molecule has 3 atom stereocenters. The van der Waals surface area contributed by atoms with Crippen molar-refractivity contribution in [2.45, 2.75) is 57.7 Å². The number of fused-ring (bicyclic) bond motifs is 1. The fraction of sp³-hybridized carbons (Fsp3) is 0.462. The number of rotatable bonds is 12. The van der Waals surface area contributed by atoms with Crippen LogP contribution < -0.4 is 22.1 Å². The topological polar surface area (TPSA) is 208 Å². The van der Waals surface area contributed by atoms with E-state index in [4.69, 9.17) is 21.3 Å². The zero-order valence-corrected chi connectivity index (χ0v) is 21.6. The summed E-state index contributed by atoms with van der Waals surface area (Å²) < 4.78 is 5.70. The molecule has 12 nitrogen and oxygen atoms in total. The lowest BCUT2D eigenvalue weighted by Gasteiger charge is -2.19. The lowest BCUT2D eigenvalue weighted by Crippen LogP contribution is -2.45. The first kappa shape index (κ1) is 28.7. The van der Waals surface area contributed by atoms with Gasteiger partial charge in [-0.1, -0.05) is 23.3 Å². The minimum absolute atomic E-state index is 0.0184. The predicted octanol–water partition coefficient (Wildman–Crippen LogP) is 0.792. The summed E-state index contributed by atoms with van der Waals surface area (Å²) >= 11 is 0. The van der Waals surface area contributed by atoms with Gasteiger partial charge in [-0.3, -0.25) is 15.0 Å². The van der Waals surface area contributed by atoms with Gasteiger partial charge in [0.1, 0.15) is 17.4 Å². The second-order valence-corrected chi connectivity index (χ2v) is 9.61. The van der Waals surface area contributed by atoms with Gasteiger partial charge in [0, 0.05) is 37.0 Å². The molecule has 1 aliphatic heterocycles. The summed E-state index contributed by atoms with van der Waals surface area (Å²) in [6, 6.07) is 3.18. The molecule has 2 aromatic rings. The number of aryl methyl sites for hydroxylation is 2. The molecule has 0 fully saturated rings. The van der Waals surface area contributed by atoms with Crippen LogP contribution in [0.15, 0.2) is 34.3 Å². The summed E-state index contributed by atoms with van der Waals surface area (Å²) in [5.41, 5.74) is 14.5. The zero-order valence-electron chi connectivity index (χ0n) is 21.6. The largest absolute Gasteiger partial charge is 0.480 e. The van der Waals surface area contributed by atoms with E-state index in [0.29, 0.717) is 50.0 Å². The third kappa shape index (κ3) is 7.11. The monoisotopic (exact) mass is 528 g/mol. The number of furan rings is 1. The van der Waals surface area contributed by atoms with Crippen LogP contribution in [0.4, 0.5) is 0 Å². The molecule has 9 N–H and O–H groups in total. The Balaban J connectivity index is 1.42. The number of hydrogen-bond acceptors (Lipinski definition) is 7. The first-order valence-electron chi connectivity index (χ1n) is 12.5. The van der Waals surface area contributed by atoms with Crippen molar-refractivity contribution in [3.63, 3.8) is 0 Å². The predicted molar refractivity (Wildman–Crippen MR) is 141 cm³/mol. The lowest BCUT2D eigenvalue weighted by molar-refractivity contribution is -0.145. The van der Waals surface area contributed by atoms with Gasteiger partial charge >= 0.3 is 5.97 Å². The first-order valence-corrected chi connectivity index (χ1v) is 12.5. The number of benzene rings is 1. The number of hydrogen-bond donors (Lipinski definition) is 7. The van der Waals surface area contributed by atoms with Gasteiger partial charge in [0.25, 0.3) is 0 Å². The van der Waals surface area contributed by atoms with Crippen molar-refractivity contribution in [3.8, 4) is 0 Å². The molecular weight excluding hydrogens is 492 g/mol.